The molecule has 3 aliphatic rings. The predicted molar refractivity (Wildman–Crippen MR) is 103 cm³/mol. The van der Waals surface area contributed by atoms with E-state index in [0.29, 0.717) is 11.8 Å². The van der Waals surface area contributed by atoms with Gasteiger partial charge in [-0.2, -0.15) is 0 Å². The minimum atomic E-state index is -1.70. The van der Waals surface area contributed by atoms with E-state index in [1.165, 1.54) is 23.7 Å². The van der Waals surface area contributed by atoms with Gasteiger partial charge in [-0.25, -0.2) is 0 Å². The molecule has 3 heteroatoms. The van der Waals surface area contributed by atoms with Crippen LogP contribution < -0.4 is 0 Å². The molecule has 0 saturated heterocycles. The van der Waals surface area contributed by atoms with Gasteiger partial charge < -0.3 is 9.53 Å². The molecule has 0 amide bonds. The van der Waals surface area contributed by atoms with Crippen molar-refractivity contribution in [3.05, 3.63) is 11.6 Å². The molecule has 2 saturated carbocycles. The summed E-state index contributed by atoms with van der Waals surface area (Å²) in [4.78, 5) is 0. The van der Waals surface area contributed by atoms with Crippen molar-refractivity contribution in [2.45, 2.75) is 97.6 Å². The van der Waals surface area contributed by atoms with Crippen LogP contribution in [0.25, 0.3) is 0 Å². The van der Waals surface area contributed by atoms with E-state index in [1.54, 1.807) is 0 Å². The first-order valence-electron chi connectivity index (χ1n) is 10.2. The number of rotatable bonds is 5. The highest BCUT2D eigenvalue weighted by atomic mass is 28.4. The molecule has 2 fully saturated rings. The van der Waals surface area contributed by atoms with Gasteiger partial charge in [-0.15, -0.1) is 0 Å². The lowest BCUT2D eigenvalue weighted by atomic mass is 9.54. The minimum Gasteiger partial charge on any atom is -0.413 e. The van der Waals surface area contributed by atoms with Crippen LogP contribution >= 0.6 is 0 Å². The Balaban J connectivity index is 2.12. The Morgan fingerprint density at radius 3 is 2.33 bits per heavy atom. The summed E-state index contributed by atoms with van der Waals surface area (Å²) in [5.74, 6) is 0.909. The largest absolute Gasteiger partial charge is 0.413 e. The number of hydrogen-bond donors (Lipinski definition) is 1. The lowest BCUT2D eigenvalue weighted by Gasteiger charge is -2.54. The van der Waals surface area contributed by atoms with Crippen LogP contribution in [0.4, 0.5) is 0 Å². The third-order valence-electron chi connectivity index (χ3n) is 8.80. The van der Waals surface area contributed by atoms with E-state index in [1.807, 2.05) is 0 Å². The highest BCUT2D eigenvalue weighted by molar-refractivity contribution is 6.73. The number of fused-ring (bicyclic) bond motifs is 1. The lowest BCUT2D eigenvalue weighted by Crippen LogP contribution is -2.58. The molecule has 2 bridgehead atoms. The fourth-order valence-corrected chi connectivity index (χ4v) is 9.92. The molecule has 0 radical (unpaired) electrons. The number of hydrogen-bond acceptors (Lipinski definition) is 2. The molecule has 0 heterocycles. The molecular weight excluding hydrogens is 312 g/mol. The molecule has 5 atom stereocenters. The molecular formula is C21H38O2Si. The molecule has 3 rings (SSSR count). The maximum absolute atomic E-state index is 11.9. The van der Waals surface area contributed by atoms with Crippen LogP contribution in [0.15, 0.2) is 11.6 Å². The molecule has 1 spiro atoms. The molecule has 0 aromatic heterocycles. The number of allylic oxidation sites excluding steroid dienone is 1. The van der Waals surface area contributed by atoms with Crippen molar-refractivity contribution in [3.63, 3.8) is 0 Å². The van der Waals surface area contributed by atoms with E-state index in [2.05, 4.69) is 54.5 Å². The van der Waals surface area contributed by atoms with Gasteiger partial charge in [0, 0.05) is 0 Å². The fourth-order valence-electron chi connectivity index (χ4n) is 7.05. The van der Waals surface area contributed by atoms with E-state index in [0.717, 1.165) is 19.3 Å². The average molecular weight is 351 g/mol. The van der Waals surface area contributed by atoms with Gasteiger partial charge in [0.25, 0.3) is 0 Å². The van der Waals surface area contributed by atoms with Gasteiger partial charge in [-0.1, -0.05) is 53.2 Å². The summed E-state index contributed by atoms with van der Waals surface area (Å²) in [6.07, 6.45) is 5.72. The summed E-state index contributed by atoms with van der Waals surface area (Å²) >= 11 is 0. The van der Waals surface area contributed by atoms with Crippen LogP contribution in [-0.2, 0) is 4.43 Å². The van der Waals surface area contributed by atoms with Crippen molar-refractivity contribution in [1.82, 2.24) is 0 Å². The van der Waals surface area contributed by atoms with Gasteiger partial charge >= 0.3 is 0 Å². The zero-order valence-electron chi connectivity index (χ0n) is 16.9. The van der Waals surface area contributed by atoms with Crippen LogP contribution in [0.5, 0.6) is 0 Å². The van der Waals surface area contributed by atoms with Gasteiger partial charge in [0.05, 0.1) is 17.1 Å². The zero-order valence-corrected chi connectivity index (χ0v) is 17.9. The SMILES string of the molecule is CC[Si](CC)(CC)OC1CC(C)C2(O)CC3CC=C(C)C12C3(C)C. The molecule has 0 aliphatic heterocycles. The van der Waals surface area contributed by atoms with Crippen LogP contribution in [0.2, 0.25) is 18.1 Å². The van der Waals surface area contributed by atoms with Crippen molar-refractivity contribution < 1.29 is 9.53 Å². The predicted octanol–water partition coefficient (Wildman–Crippen LogP) is 5.53. The first-order valence-corrected chi connectivity index (χ1v) is 12.8. The smallest absolute Gasteiger partial charge is 0.192 e. The first-order chi connectivity index (χ1) is 11.1. The average Bonchev–Trinajstić information content (AvgIpc) is 2.80. The van der Waals surface area contributed by atoms with E-state index in [9.17, 15) is 5.11 Å². The molecule has 3 aliphatic carbocycles. The third kappa shape index (κ3) is 1.95. The number of aliphatic hydroxyl groups is 1. The van der Waals surface area contributed by atoms with Gasteiger partial charge in [-0.3, -0.25) is 0 Å². The van der Waals surface area contributed by atoms with Gasteiger partial charge in [0.1, 0.15) is 0 Å². The normalized spacial score (nSPS) is 43.7. The van der Waals surface area contributed by atoms with E-state index < -0.39 is 13.9 Å². The molecule has 24 heavy (non-hydrogen) atoms. The quantitative estimate of drug-likeness (QED) is 0.522. The van der Waals surface area contributed by atoms with Gasteiger partial charge in [-0.05, 0) is 61.6 Å². The van der Waals surface area contributed by atoms with Crippen molar-refractivity contribution in [1.29, 1.82) is 0 Å². The topological polar surface area (TPSA) is 29.5 Å². The van der Waals surface area contributed by atoms with Crippen LogP contribution in [0.3, 0.4) is 0 Å². The van der Waals surface area contributed by atoms with Gasteiger partial charge in [0.2, 0.25) is 0 Å². The van der Waals surface area contributed by atoms with Crippen molar-refractivity contribution in [2.75, 3.05) is 0 Å². The minimum absolute atomic E-state index is 0.116. The van der Waals surface area contributed by atoms with Crippen molar-refractivity contribution >= 4 is 8.32 Å². The molecule has 138 valence electrons. The zero-order chi connectivity index (χ0) is 18.0. The second kappa shape index (κ2) is 5.69. The van der Waals surface area contributed by atoms with E-state index in [4.69, 9.17) is 4.43 Å². The molecule has 0 aromatic rings. The Labute approximate surface area is 150 Å². The molecule has 5 unspecified atom stereocenters. The summed E-state index contributed by atoms with van der Waals surface area (Å²) in [7, 11) is -1.70. The van der Waals surface area contributed by atoms with Crippen LogP contribution in [-0.4, -0.2) is 25.1 Å². The van der Waals surface area contributed by atoms with E-state index in [-0.39, 0.29) is 16.9 Å². The van der Waals surface area contributed by atoms with Gasteiger partial charge in [0.15, 0.2) is 8.32 Å². The van der Waals surface area contributed by atoms with Crippen molar-refractivity contribution in [3.8, 4) is 0 Å². The summed E-state index contributed by atoms with van der Waals surface area (Å²) in [6.45, 7) is 16.3. The van der Waals surface area contributed by atoms with Crippen molar-refractivity contribution in [2.24, 2.45) is 22.7 Å². The van der Waals surface area contributed by atoms with E-state index >= 15 is 0 Å². The summed E-state index contributed by atoms with van der Waals surface area (Å²) in [6, 6.07) is 3.56. The Morgan fingerprint density at radius 2 is 1.79 bits per heavy atom. The standard InChI is InChI=1S/C21H38O2Si/c1-8-24(9-2,10-3)23-18-13-16(5)20(22)14-17-12-11-15(4)21(18,20)19(17,6)7/h11,16-18,22H,8-10,12-14H2,1-7H3. The third-order valence-corrected chi connectivity index (χ3v) is 13.4. The Morgan fingerprint density at radius 1 is 1.21 bits per heavy atom. The molecule has 1 N–H and O–H groups in total. The summed E-state index contributed by atoms with van der Waals surface area (Å²) in [5.41, 5.74) is 0.758. The van der Waals surface area contributed by atoms with Crippen LogP contribution in [0.1, 0.15) is 67.7 Å². The van der Waals surface area contributed by atoms with Crippen LogP contribution in [0, 0.1) is 22.7 Å². The summed E-state index contributed by atoms with van der Waals surface area (Å²) in [5, 5.41) is 11.9. The second-order valence-corrected chi connectivity index (χ2v) is 14.2. The Bertz CT molecular complexity index is 528. The lowest BCUT2D eigenvalue weighted by molar-refractivity contribution is -0.111. The maximum atomic E-state index is 11.9. The molecule has 2 nitrogen and oxygen atoms in total. The first kappa shape index (κ1) is 18.7. The summed E-state index contributed by atoms with van der Waals surface area (Å²) < 4.78 is 7.12. The maximum Gasteiger partial charge on any atom is 0.192 e. The molecule has 0 aromatic carbocycles. The highest BCUT2D eigenvalue weighted by Crippen LogP contribution is 2.75. The fraction of sp³-hybridized carbons (Fsp3) is 0.905. The Kier molecular flexibility index (Phi) is 4.42. The Hall–Kier alpha value is -0.123. The monoisotopic (exact) mass is 350 g/mol. The second-order valence-electron chi connectivity index (χ2n) is 9.46. The highest BCUT2D eigenvalue weighted by Gasteiger charge is 2.77.